The van der Waals surface area contributed by atoms with Crippen molar-refractivity contribution in [2.45, 2.75) is 12.5 Å². The van der Waals surface area contributed by atoms with Crippen molar-refractivity contribution in [3.05, 3.63) is 59.4 Å². The van der Waals surface area contributed by atoms with Gasteiger partial charge in [0.05, 0.1) is 16.3 Å². The number of rotatable bonds is 4. The molecule has 1 N–H and O–H groups in total. The van der Waals surface area contributed by atoms with Crippen LogP contribution in [0.4, 0.5) is 0 Å². The lowest BCUT2D eigenvalue weighted by Gasteiger charge is -2.12. The number of para-hydroxylation sites is 1. The van der Waals surface area contributed by atoms with E-state index in [9.17, 15) is 0 Å². The third-order valence-electron chi connectivity index (χ3n) is 3.15. The molecule has 4 heteroatoms. The summed E-state index contributed by atoms with van der Waals surface area (Å²) in [6, 6.07) is 12.6. The first kappa shape index (κ1) is 12.3. The molecule has 2 aromatic heterocycles. The summed E-state index contributed by atoms with van der Waals surface area (Å²) < 4.78 is 1.24. The molecular weight excluding hydrogens is 254 g/mol. The van der Waals surface area contributed by atoms with Crippen LogP contribution in [0.2, 0.25) is 0 Å². The fourth-order valence-electron chi connectivity index (χ4n) is 2.11. The first-order chi connectivity index (χ1) is 9.36. The van der Waals surface area contributed by atoms with Crippen molar-refractivity contribution in [1.29, 1.82) is 0 Å². The van der Waals surface area contributed by atoms with Crippen LogP contribution >= 0.6 is 11.3 Å². The van der Waals surface area contributed by atoms with Crippen molar-refractivity contribution >= 4 is 21.6 Å². The average molecular weight is 269 g/mol. The quantitative estimate of drug-likeness (QED) is 0.790. The fraction of sp³-hybridized carbons (Fsp3) is 0.200. The Balaban J connectivity index is 1.89. The largest absolute Gasteiger partial charge is 0.311 e. The summed E-state index contributed by atoms with van der Waals surface area (Å²) in [5, 5.41) is 4.49. The molecule has 96 valence electrons. The highest BCUT2D eigenvalue weighted by Gasteiger charge is 2.14. The maximum absolute atomic E-state index is 4.72. The van der Waals surface area contributed by atoms with Crippen LogP contribution < -0.4 is 5.32 Å². The van der Waals surface area contributed by atoms with Crippen molar-refractivity contribution in [2.24, 2.45) is 0 Å². The van der Waals surface area contributed by atoms with Gasteiger partial charge in [0, 0.05) is 12.4 Å². The zero-order valence-corrected chi connectivity index (χ0v) is 11.5. The molecule has 3 rings (SSSR count). The number of pyridine rings is 1. The molecule has 0 bridgehead atoms. The average Bonchev–Trinajstić information content (AvgIpc) is 2.89. The standard InChI is InChI=1S/C15H15N3S/c1-16-13(10-11-6-8-17-9-7-11)15-18-12-4-2-3-5-14(12)19-15/h2-9,13,16H,10H2,1H3. The maximum Gasteiger partial charge on any atom is 0.111 e. The van der Waals surface area contributed by atoms with E-state index in [1.165, 1.54) is 10.3 Å². The lowest BCUT2D eigenvalue weighted by Crippen LogP contribution is -2.18. The number of aromatic nitrogens is 2. The van der Waals surface area contributed by atoms with Gasteiger partial charge in [0.2, 0.25) is 0 Å². The summed E-state index contributed by atoms with van der Waals surface area (Å²) in [7, 11) is 1.98. The summed E-state index contributed by atoms with van der Waals surface area (Å²) >= 11 is 1.76. The zero-order chi connectivity index (χ0) is 13.1. The number of thiazole rings is 1. The highest BCUT2D eigenvalue weighted by atomic mass is 32.1. The van der Waals surface area contributed by atoms with Gasteiger partial charge < -0.3 is 5.32 Å². The van der Waals surface area contributed by atoms with Crippen LogP contribution in [0.5, 0.6) is 0 Å². The van der Waals surface area contributed by atoms with E-state index in [4.69, 9.17) is 4.98 Å². The number of benzene rings is 1. The molecule has 2 heterocycles. The number of nitrogens with zero attached hydrogens (tertiary/aromatic N) is 2. The lowest BCUT2D eigenvalue weighted by atomic mass is 10.1. The number of likely N-dealkylation sites (N-methyl/N-ethyl adjacent to an activating group) is 1. The molecule has 0 aliphatic carbocycles. The van der Waals surface area contributed by atoms with E-state index in [1.807, 2.05) is 25.5 Å². The summed E-state index contributed by atoms with van der Waals surface area (Å²) in [5.41, 5.74) is 2.35. The topological polar surface area (TPSA) is 37.8 Å². The third-order valence-corrected chi connectivity index (χ3v) is 4.30. The van der Waals surface area contributed by atoms with Crippen LogP contribution in [0.3, 0.4) is 0 Å². The zero-order valence-electron chi connectivity index (χ0n) is 10.7. The Kier molecular flexibility index (Phi) is 3.53. The maximum atomic E-state index is 4.72. The van der Waals surface area contributed by atoms with Gasteiger partial charge in [-0.2, -0.15) is 0 Å². The van der Waals surface area contributed by atoms with Crippen LogP contribution in [-0.2, 0) is 6.42 Å². The molecule has 0 saturated carbocycles. The van der Waals surface area contributed by atoms with Gasteiger partial charge in [-0.25, -0.2) is 4.98 Å². The van der Waals surface area contributed by atoms with Gasteiger partial charge in [-0.05, 0) is 43.3 Å². The number of hydrogen-bond donors (Lipinski definition) is 1. The monoisotopic (exact) mass is 269 g/mol. The predicted molar refractivity (Wildman–Crippen MR) is 79.4 cm³/mol. The van der Waals surface area contributed by atoms with Gasteiger partial charge in [-0.3, -0.25) is 4.98 Å². The van der Waals surface area contributed by atoms with Crippen molar-refractivity contribution in [3.8, 4) is 0 Å². The Bertz CT molecular complexity index is 630. The van der Waals surface area contributed by atoms with Gasteiger partial charge in [0.15, 0.2) is 0 Å². The van der Waals surface area contributed by atoms with E-state index in [1.54, 1.807) is 11.3 Å². The highest BCUT2D eigenvalue weighted by molar-refractivity contribution is 7.18. The molecule has 0 saturated heterocycles. The van der Waals surface area contributed by atoms with Crippen LogP contribution in [0, 0.1) is 0 Å². The highest BCUT2D eigenvalue weighted by Crippen LogP contribution is 2.27. The van der Waals surface area contributed by atoms with Gasteiger partial charge in [0.25, 0.3) is 0 Å². The minimum Gasteiger partial charge on any atom is -0.311 e. The molecule has 19 heavy (non-hydrogen) atoms. The molecule has 0 radical (unpaired) electrons. The van der Waals surface area contributed by atoms with E-state index in [0.29, 0.717) is 0 Å². The Hall–Kier alpha value is -1.78. The van der Waals surface area contributed by atoms with Gasteiger partial charge >= 0.3 is 0 Å². The van der Waals surface area contributed by atoms with E-state index in [2.05, 4.69) is 40.6 Å². The van der Waals surface area contributed by atoms with Crippen molar-refractivity contribution in [1.82, 2.24) is 15.3 Å². The van der Waals surface area contributed by atoms with Crippen molar-refractivity contribution in [2.75, 3.05) is 7.05 Å². The first-order valence-corrected chi connectivity index (χ1v) is 7.10. The number of fused-ring (bicyclic) bond motifs is 1. The molecule has 3 aromatic rings. The van der Waals surface area contributed by atoms with Gasteiger partial charge in [-0.1, -0.05) is 12.1 Å². The third kappa shape index (κ3) is 2.64. The smallest absolute Gasteiger partial charge is 0.111 e. The second-order valence-corrected chi connectivity index (χ2v) is 5.48. The summed E-state index contributed by atoms with van der Waals surface area (Å²) in [6.45, 7) is 0. The van der Waals surface area contributed by atoms with Crippen LogP contribution in [-0.4, -0.2) is 17.0 Å². The summed E-state index contributed by atoms with van der Waals surface area (Å²) in [5.74, 6) is 0. The second kappa shape index (κ2) is 5.47. The molecular formula is C15H15N3S. The Morgan fingerprint density at radius 2 is 1.95 bits per heavy atom. The van der Waals surface area contributed by atoms with Gasteiger partial charge in [0.1, 0.15) is 5.01 Å². The van der Waals surface area contributed by atoms with E-state index in [0.717, 1.165) is 16.9 Å². The molecule has 0 aliphatic heterocycles. The SMILES string of the molecule is CNC(Cc1ccncc1)c1nc2ccccc2s1. The minimum absolute atomic E-state index is 0.250. The summed E-state index contributed by atoms with van der Waals surface area (Å²) in [6.07, 6.45) is 4.60. The molecule has 0 amide bonds. The van der Waals surface area contributed by atoms with Crippen LogP contribution in [0.15, 0.2) is 48.8 Å². The lowest BCUT2D eigenvalue weighted by molar-refractivity contribution is 0.589. The van der Waals surface area contributed by atoms with Gasteiger partial charge in [-0.15, -0.1) is 11.3 Å². The van der Waals surface area contributed by atoms with E-state index in [-0.39, 0.29) is 6.04 Å². The second-order valence-electron chi connectivity index (χ2n) is 4.42. The molecule has 0 spiro atoms. The molecule has 3 nitrogen and oxygen atoms in total. The van der Waals surface area contributed by atoms with Crippen LogP contribution in [0.25, 0.3) is 10.2 Å². The van der Waals surface area contributed by atoms with E-state index >= 15 is 0 Å². The van der Waals surface area contributed by atoms with E-state index < -0.39 is 0 Å². The summed E-state index contributed by atoms with van der Waals surface area (Å²) in [4.78, 5) is 8.77. The predicted octanol–water partition coefficient (Wildman–Crippen LogP) is 3.19. The molecule has 1 unspecified atom stereocenters. The van der Waals surface area contributed by atoms with Crippen LogP contribution in [0.1, 0.15) is 16.6 Å². The molecule has 1 atom stereocenters. The molecule has 0 fully saturated rings. The number of hydrogen-bond acceptors (Lipinski definition) is 4. The Morgan fingerprint density at radius 3 is 2.68 bits per heavy atom. The van der Waals surface area contributed by atoms with Crippen molar-refractivity contribution < 1.29 is 0 Å². The fourth-order valence-corrected chi connectivity index (χ4v) is 3.18. The number of nitrogens with one attached hydrogen (secondary N) is 1. The minimum atomic E-state index is 0.250. The normalized spacial score (nSPS) is 12.7. The molecule has 1 aromatic carbocycles. The van der Waals surface area contributed by atoms with Crippen molar-refractivity contribution in [3.63, 3.8) is 0 Å². The Labute approximate surface area is 116 Å². The molecule has 0 aliphatic rings. The Morgan fingerprint density at radius 1 is 1.16 bits per heavy atom. The first-order valence-electron chi connectivity index (χ1n) is 6.28.